The van der Waals surface area contributed by atoms with Crippen LogP contribution in [0.15, 0.2) is 4.99 Å². The smallest absolute Gasteiger partial charge is 0.191 e. The van der Waals surface area contributed by atoms with Crippen molar-refractivity contribution in [1.29, 1.82) is 0 Å². The van der Waals surface area contributed by atoms with E-state index >= 15 is 0 Å². The van der Waals surface area contributed by atoms with Crippen LogP contribution in [-0.2, 0) is 9.47 Å². The molecule has 0 aromatic carbocycles. The maximum absolute atomic E-state index is 6.00. The van der Waals surface area contributed by atoms with Crippen molar-refractivity contribution in [3.63, 3.8) is 0 Å². The Morgan fingerprint density at radius 1 is 1.29 bits per heavy atom. The molecule has 138 valence electrons. The van der Waals surface area contributed by atoms with Gasteiger partial charge in [0.25, 0.3) is 0 Å². The molecule has 2 saturated carbocycles. The van der Waals surface area contributed by atoms with E-state index in [4.69, 9.17) is 9.47 Å². The summed E-state index contributed by atoms with van der Waals surface area (Å²) >= 11 is 0. The Bertz CT molecular complexity index is 417. The van der Waals surface area contributed by atoms with Crippen molar-refractivity contribution in [3.05, 3.63) is 0 Å². The molecule has 1 aliphatic heterocycles. The lowest BCUT2D eigenvalue weighted by Gasteiger charge is -2.54. The zero-order chi connectivity index (χ0) is 16.8. The lowest BCUT2D eigenvalue weighted by Crippen LogP contribution is -2.65. The summed E-state index contributed by atoms with van der Waals surface area (Å²) in [6, 6.07) is 0.506. The molecule has 0 radical (unpaired) electrons. The van der Waals surface area contributed by atoms with Crippen molar-refractivity contribution in [1.82, 2.24) is 15.5 Å². The summed E-state index contributed by atoms with van der Waals surface area (Å²) in [5, 5.41) is 7.16. The molecule has 3 fully saturated rings. The number of nitrogens with one attached hydrogen (secondary N) is 2. The Hall–Kier alpha value is -0.850. The van der Waals surface area contributed by atoms with Gasteiger partial charge in [-0.1, -0.05) is 12.8 Å². The molecule has 2 unspecified atom stereocenters. The molecule has 0 aromatic heterocycles. The number of morpholine rings is 1. The summed E-state index contributed by atoms with van der Waals surface area (Å²) in [4.78, 5) is 6.87. The first-order valence-electron chi connectivity index (χ1n) is 9.67. The Morgan fingerprint density at radius 2 is 2.04 bits per heavy atom. The normalized spacial score (nSPS) is 30.3. The summed E-state index contributed by atoms with van der Waals surface area (Å²) in [6.45, 7) is 8.69. The van der Waals surface area contributed by atoms with Gasteiger partial charge in [0.05, 0.1) is 19.3 Å². The highest BCUT2D eigenvalue weighted by Gasteiger charge is 2.56. The first-order valence-corrected chi connectivity index (χ1v) is 9.67. The molecule has 24 heavy (non-hydrogen) atoms. The Labute approximate surface area is 146 Å². The summed E-state index contributed by atoms with van der Waals surface area (Å²) in [5.41, 5.74) is 0.345. The number of rotatable bonds is 6. The van der Waals surface area contributed by atoms with Gasteiger partial charge in [-0.3, -0.25) is 9.89 Å². The van der Waals surface area contributed by atoms with E-state index in [0.29, 0.717) is 17.6 Å². The van der Waals surface area contributed by atoms with Gasteiger partial charge in [0, 0.05) is 51.3 Å². The number of hydrogen-bond acceptors (Lipinski definition) is 4. The average molecular weight is 338 g/mol. The van der Waals surface area contributed by atoms with Crippen LogP contribution in [0.3, 0.4) is 0 Å². The SMILES string of the molecule is CCOC1CC(NC(=NC)NCCN2CCOCC2)C12CCCC2. The molecule has 1 saturated heterocycles. The van der Waals surface area contributed by atoms with Crippen LogP contribution in [0.25, 0.3) is 0 Å². The fraction of sp³-hybridized carbons (Fsp3) is 0.944. The molecule has 0 bridgehead atoms. The average Bonchev–Trinajstić information content (AvgIpc) is 3.13. The molecular formula is C18H34N4O2. The van der Waals surface area contributed by atoms with Crippen molar-refractivity contribution >= 4 is 5.96 Å². The predicted octanol–water partition coefficient (Wildman–Crippen LogP) is 1.22. The van der Waals surface area contributed by atoms with E-state index in [-0.39, 0.29) is 0 Å². The first-order chi connectivity index (χ1) is 11.8. The third-order valence-electron chi connectivity index (χ3n) is 6.05. The molecule has 2 atom stereocenters. The van der Waals surface area contributed by atoms with Crippen LogP contribution >= 0.6 is 0 Å². The van der Waals surface area contributed by atoms with Gasteiger partial charge < -0.3 is 20.1 Å². The second-order valence-corrected chi connectivity index (χ2v) is 7.27. The van der Waals surface area contributed by atoms with E-state index in [1.165, 1.54) is 25.7 Å². The molecule has 3 rings (SSSR count). The zero-order valence-corrected chi connectivity index (χ0v) is 15.4. The monoisotopic (exact) mass is 338 g/mol. The quantitative estimate of drug-likeness (QED) is 0.563. The second-order valence-electron chi connectivity index (χ2n) is 7.27. The molecule has 1 heterocycles. The molecule has 0 amide bonds. The first kappa shape index (κ1) is 18.0. The minimum Gasteiger partial charge on any atom is -0.379 e. The van der Waals surface area contributed by atoms with Crippen molar-refractivity contribution in [2.24, 2.45) is 10.4 Å². The summed E-state index contributed by atoms with van der Waals surface area (Å²) < 4.78 is 11.4. The Kier molecular flexibility index (Phi) is 6.36. The highest BCUT2D eigenvalue weighted by atomic mass is 16.5. The van der Waals surface area contributed by atoms with E-state index in [2.05, 4.69) is 27.4 Å². The maximum atomic E-state index is 6.00. The van der Waals surface area contributed by atoms with Crippen molar-refractivity contribution in [2.75, 3.05) is 53.0 Å². The van der Waals surface area contributed by atoms with Crippen molar-refractivity contribution < 1.29 is 9.47 Å². The van der Waals surface area contributed by atoms with Crippen LogP contribution in [0.1, 0.15) is 39.0 Å². The molecule has 1 spiro atoms. The third-order valence-corrected chi connectivity index (χ3v) is 6.05. The molecule has 3 aliphatic rings. The fourth-order valence-electron chi connectivity index (χ4n) is 4.61. The maximum Gasteiger partial charge on any atom is 0.191 e. The van der Waals surface area contributed by atoms with E-state index in [0.717, 1.165) is 58.4 Å². The summed E-state index contributed by atoms with van der Waals surface area (Å²) in [6.07, 6.45) is 6.81. The van der Waals surface area contributed by atoms with Gasteiger partial charge in [-0.15, -0.1) is 0 Å². The van der Waals surface area contributed by atoms with Crippen LogP contribution < -0.4 is 10.6 Å². The lowest BCUT2D eigenvalue weighted by atomic mass is 9.60. The molecule has 2 aliphatic carbocycles. The van der Waals surface area contributed by atoms with E-state index in [1.54, 1.807) is 0 Å². The summed E-state index contributed by atoms with van der Waals surface area (Å²) in [5.74, 6) is 0.939. The standard InChI is InChI=1S/C18H34N4O2/c1-3-24-16-14-15(18(16)6-4-5-7-18)21-17(19-2)20-8-9-22-10-12-23-13-11-22/h15-16H,3-14H2,1-2H3,(H2,19,20,21). The topological polar surface area (TPSA) is 58.1 Å². The minimum absolute atomic E-state index is 0.345. The zero-order valence-electron chi connectivity index (χ0n) is 15.4. The number of ether oxygens (including phenoxy) is 2. The predicted molar refractivity (Wildman–Crippen MR) is 96.5 cm³/mol. The van der Waals surface area contributed by atoms with Gasteiger partial charge in [-0.2, -0.15) is 0 Å². The third kappa shape index (κ3) is 3.86. The Morgan fingerprint density at radius 3 is 2.71 bits per heavy atom. The van der Waals surface area contributed by atoms with Gasteiger partial charge >= 0.3 is 0 Å². The van der Waals surface area contributed by atoms with Crippen LogP contribution in [0.5, 0.6) is 0 Å². The highest BCUT2D eigenvalue weighted by molar-refractivity contribution is 5.80. The molecule has 6 heteroatoms. The van der Waals surface area contributed by atoms with Crippen LogP contribution in [-0.4, -0.2) is 76.1 Å². The molecular weight excluding hydrogens is 304 g/mol. The second kappa shape index (κ2) is 8.50. The Balaban J connectivity index is 1.45. The molecule has 6 nitrogen and oxygen atoms in total. The molecule has 0 aromatic rings. The van der Waals surface area contributed by atoms with Crippen molar-refractivity contribution in [3.8, 4) is 0 Å². The molecule has 2 N–H and O–H groups in total. The van der Waals surface area contributed by atoms with Crippen LogP contribution in [0.2, 0.25) is 0 Å². The number of aliphatic imine (C=N–C) groups is 1. The van der Waals surface area contributed by atoms with E-state index in [9.17, 15) is 0 Å². The van der Waals surface area contributed by atoms with Gasteiger partial charge in [0.1, 0.15) is 0 Å². The highest BCUT2D eigenvalue weighted by Crippen LogP contribution is 2.54. The van der Waals surface area contributed by atoms with Crippen molar-refractivity contribution in [2.45, 2.75) is 51.2 Å². The van der Waals surface area contributed by atoms with Crippen LogP contribution in [0.4, 0.5) is 0 Å². The number of hydrogen-bond donors (Lipinski definition) is 2. The van der Waals surface area contributed by atoms with Gasteiger partial charge in [0.15, 0.2) is 5.96 Å². The summed E-state index contributed by atoms with van der Waals surface area (Å²) in [7, 11) is 1.87. The van der Waals surface area contributed by atoms with E-state index < -0.39 is 0 Å². The number of guanidine groups is 1. The lowest BCUT2D eigenvalue weighted by molar-refractivity contribution is -0.125. The van der Waals surface area contributed by atoms with E-state index in [1.807, 2.05) is 7.05 Å². The van der Waals surface area contributed by atoms with Gasteiger partial charge in [-0.25, -0.2) is 0 Å². The van der Waals surface area contributed by atoms with Gasteiger partial charge in [-0.05, 0) is 26.2 Å². The largest absolute Gasteiger partial charge is 0.379 e. The fourth-order valence-corrected chi connectivity index (χ4v) is 4.61. The van der Waals surface area contributed by atoms with Gasteiger partial charge in [0.2, 0.25) is 0 Å². The minimum atomic E-state index is 0.345. The van der Waals surface area contributed by atoms with Crippen LogP contribution in [0, 0.1) is 5.41 Å². The number of nitrogens with zero attached hydrogens (tertiary/aromatic N) is 2.